The van der Waals surface area contributed by atoms with Crippen LogP contribution in [0.3, 0.4) is 0 Å². The highest BCUT2D eigenvalue weighted by Gasteiger charge is 2.10. The summed E-state index contributed by atoms with van der Waals surface area (Å²) in [5.41, 5.74) is 1.77. The lowest BCUT2D eigenvalue weighted by Crippen LogP contribution is -2.06. The van der Waals surface area contributed by atoms with E-state index in [1.54, 1.807) is 19.6 Å². The van der Waals surface area contributed by atoms with Gasteiger partial charge < -0.3 is 14.6 Å². The zero-order valence-electron chi connectivity index (χ0n) is 11.6. The van der Waals surface area contributed by atoms with Gasteiger partial charge in [0.1, 0.15) is 11.5 Å². The quantitative estimate of drug-likeness (QED) is 0.860. The predicted molar refractivity (Wildman–Crippen MR) is 73.8 cm³/mol. The second-order valence-corrected chi connectivity index (χ2v) is 4.10. The lowest BCUT2D eigenvalue weighted by molar-refractivity contribution is 0.181. The van der Waals surface area contributed by atoms with Crippen molar-refractivity contribution in [1.82, 2.24) is 19.5 Å². The molecule has 2 heterocycles. The lowest BCUT2D eigenvalue weighted by Gasteiger charge is -2.09. The Hall–Kier alpha value is -1.95. The Morgan fingerprint density at radius 3 is 2.84 bits per heavy atom. The maximum absolute atomic E-state index is 5.15. The smallest absolute Gasteiger partial charge is 0.180 e. The first-order chi connectivity index (χ1) is 9.28. The molecule has 0 bridgehead atoms. The molecule has 0 spiro atoms. The maximum atomic E-state index is 5.15. The molecular weight excluding hydrogens is 242 g/mol. The highest BCUT2D eigenvalue weighted by Crippen LogP contribution is 2.18. The Labute approximate surface area is 112 Å². The van der Waals surface area contributed by atoms with Crippen molar-refractivity contribution in [3.8, 4) is 11.5 Å². The monoisotopic (exact) mass is 261 g/mol. The summed E-state index contributed by atoms with van der Waals surface area (Å²) in [7, 11) is 1.66. The molecule has 0 saturated heterocycles. The number of methoxy groups -OCH3 is 1. The summed E-state index contributed by atoms with van der Waals surface area (Å²) in [6.07, 6.45) is 3.57. The van der Waals surface area contributed by atoms with Gasteiger partial charge in [0.05, 0.1) is 24.8 Å². The summed E-state index contributed by atoms with van der Waals surface area (Å²) in [6.45, 7) is 6.22. The first-order valence-corrected chi connectivity index (χ1v) is 6.39. The van der Waals surface area contributed by atoms with Crippen LogP contribution in [0.25, 0.3) is 11.5 Å². The van der Waals surface area contributed by atoms with Crippen molar-refractivity contribution in [3.63, 3.8) is 0 Å². The molecule has 2 rings (SSSR count). The second kappa shape index (κ2) is 6.29. The third-order valence-electron chi connectivity index (χ3n) is 2.71. The van der Waals surface area contributed by atoms with Gasteiger partial charge in [-0.25, -0.2) is 15.0 Å². The number of rotatable bonds is 6. The number of anilines is 1. The maximum Gasteiger partial charge on any atom is 0.180 e. The Morgan fingerprint density at radius 1 is 1.32 bits per heavy atom. The van der Waals surface area contributed by atoms with Crippen molar-refractivity contribution in [1.29, 1.82) is 0 Å². The van der Waals surface area contributed by atoms with Gasteiger partial charge in [-0.3, -0.25) is 0 Å². The number of hydrogen-bond donors (Lipinski definition) is 1. The van der Waals surface area contributed by atoms with Crippen LogP contribution >= 0.6 is 0 Å². The SMILES string of the molecule is CCNc1cc(COC)nc(-c2cncn2CC)n1. The minimum atomic E-state index is 0.466. The van der Waals surface area contributed by atoms with E-state index in [4.69, 9.17) is 4.74 Å². The summed E-state index contributed by atoms with van der Waals surface area (Å²) in [5.74, 6) is 1.48. The highest BCUT2D eigenvalue weighted by molar-refractivity contribution is 5.53. The van der Waals surface area contributed by atoms with Gasteiger partial charge in [-0.15, -0.1) is 0 Å². The minimum Gasteiger partial charge on any atom is -0.378 e. The van der Waals surface area contributed by atoms with Crippen LogP contribution in [0.15, 0.2) is 18.6 Å². The third kappa shape index (κ3) is 3.08. The minimum absolute atomic E-state index is 0.466. The van der Waals surface area contributed by atoms with E-state index in [2.05, 4.69) is 27.2 Å². The molecule has 0 unspecified atom stereocenters. The molecule has 0 atom stereocenters. The summed E-state index contributed by atoms with van der Waals surface area (Å²) >= 11 is 0. The Kier molecular flexibility index (Phi) is 4.46. The molecule has 0 fully saturated rings. The predicted octanol–water partition coefficient (Wildman–Crippen LogP) is 1.94. The molecule has 1 N–H and O–H groups in total. The van der Waals surface area contributed by atoms with E-state index < -0.39 is 0 Å². The van der Waals surface area contributed by atoms with Crippen LogP contribution in [0.4, 0.5) is 5.82 Å². The van der Waals surface area contributed by atoms with Gasteiger partial charge in [-0.05, 0) is 13.8 Å². The molecule has 0 aliphatic heterocycles. The number of nitrogens with zero attached hydrogens (tertiary/aromatic N) is 4. The van der Waals surface area contributed by atoms with Crippen molar-refractivity contribution in [2.45, 2.75) is 27.0 Å². The van der Waals surface area contributed by atoms with E-state index in [-0.39, 0.29) is 0 Å². The first kappa shape index (κ1) is 13.5. The van der Waals surface area contributed by atoms with E-state index in [1.807, 2.05) is 17.6 Å². The normalized spacial score (nSPS) is 10.7. The zero-order valence-corrected chi connectivity index (χ0v) is 11.6. The van der Waals surface area contributed by atoms with Crippen LogP contribution in [0, 0.1) is 0 Å². The summed E-state index contributed by atoms with van der Waals surface area (Å²) in [6, 6.07) is 1.91. The van der Waals surface area contributed by atoms with Crippen molar-refractivity contribution in [2.24, 2.45) is 0 Å². The number of nitrogens with one attached hydrogen (secondary N) is 1. The number of imidazole rings is 1. The van der Waals surface area contributed by atoms with Crippen molar-refractivity contribution in [2.75, 3.05) is 19.0 Å². The summed E-state index contributed by atoms with van der Waals surface area (Å²) in [5, 5.41) is 3.21. The van der Waals surface area contributed by atoms with Crippen LogP contribution in [-0.2, 0) is 17.9 Å². The third-order valence-corrected chi connectivity index (χ3v) is 2.71. The lowest BCUT2D eigenvalue weighted by atomic mass is 10.3. The fourth-order valence-corrected chi connectivity index (χ4v) is 1.86. The molecule has 19 heavy (non-hydrogen) atoms. The van der Waals surface area contributed by atoms with Gasteiger partial charge in [0.25, 0.3) is 0 Å². The Balaban J connectivity index is 2.43. The van der Waals surface area contributed by atoms with E-state index in [9.17, 15) is 0 Å². The zero-order chi connectivity index (χ0) is 13.7. The van der Waals surface area contributed by atoms with Crippen LogP contribution < -0.4 is 5.32 Å². The van der Waals surface area contributed by atoms with Crippen LogP contribution in [0.2, 0.25) is 0 Å². The molecule has 0 aliphatic carbocycles. The number of aromatic nitrogens is 4. The molecule has 0 saturated carbocycles. The molecule has 2 aromatic heterocycles. The topological polar surface area (TPSA) is 64.9 Å². The van der Waals surface area contributed by atoms with Crippen molar-refractivity contribution in [3.05, 3.63) is 24.3 Å². The fourth-order valence-electron chi connectivity index (χ4n) is 1.86. The Morgan fingerprint density at radius 2 is 2.16 bits per heavy atom. The van der Waals surface area contributed by atoms with Gasteiger partial charge in [-0.2, -0.15) is 0 Å². The average molecular weight is 261 g/mol. The Bertz CT molecular complexity index is 513. The number of aryl methyl sites for hydroxylation is 1. The largest absolute Gasteiger partial charge is 0.378 e. The molecule has 0 amide bonds. The standard InChI is InChI=1S/C13H19N5O/c1-4-15-12-6-10(8-19-3)16-13(17-12)11-7-14-9-18(11)5-2/h6-7,9H,4-5,8H2,1-3H3,(H,15,16,17). The molecule has 6 heteroatoms. The molecule has 102 valence electrons. The van der Waals surface area contributed by atoms with E-state index in [1.165, 1.54) is 0 Å². The van der Waals surface area contributed by atoms with Gasteiger partial charge in [0.15, 0.2) is 5.82 Å². The molecule has 0 radical (unpaired) electrons. The first-order valence-electron chi connectivity index (χ1n) is 6.39. The average Bonchev–Trinajstić information content (AvgIpc) is 2.87. The van der Waals surface area contributed by atoms with Gasteiger partial charge in [0.2, 0.25) is 0 Å². The number of ether oxygens (including phenoxy) is 1. The summed E-state index contributed by atoms with van der Waals surface area (Å²) in [4.78, 5) is 13.2. The molecule has 2 aromatic rings. The van der Waals surface area contributed by atoms with Crippen LogP contribution in [0.5, 0.6) is 0 Å². The van der Waals surface area contributed by atoms with Gasteiger partial charge in [0, 0.05) is 26.3 Å². The van der Waals surface area contributed by atoms with E-state index in [0.29, 0.717) is 12.4 Å². The molecule has 0 aliphatic rings. The van der Waals surface area contributed by atoms with Crippen LogP contribution in [-0.4, -0.2) is 33.2 Å². The molecule has 6 nitrogen and oxygen atoms in total. The van der Waals surface area contributed by atoms with Crippen molar-refractivity contribution < 1.29 is 4.74 Å². The van der Waals surface area contributed by atoms with E-state index in [0.717, 1.165) is 30.3 Å². The van der Waals surface area contributed by atoms with Crippen molar-refractivity contribution >= 4 is 5.82 Å². The van der Waals surface area contributed by atoms with Crippen LogP contribution in [0.1, 0.15) is 19.5 Å². The summed E-state index contributed by atoms with van der Waals surface area (Å²) < 4.78 is 7.16. The van der Waals surface area contributed by atoms with E-state index >= 15 is 0 Å². The molecular formula is C13H19N5O. The van der Waals surface area contributed by atoms with Gasteiger partial charge >= 0.3 is 0 Å². The van der Waals surface area contributed by atoms with Gasteiger partial charge in [-0.1, -0.05) is 0 Å². The second-order valence-electron chi connectivity index (χ2n) is 4.10. The highest BCUT2D eigenvalue weighted by atomic mass is 16.5. The fraction of sp³-hybridized carbons (Fsp3) is 0.462. The molecule has 0 aromatic carbocycles. The number of hydrogen-bond acceptors (Lipinski definition) is 5.